The lowest BCUT2D eigenvalue weighted by Crippen LogP contribution is -2.27. The van der Waals surface area contributed by atoms with Crippen LogP contribution in [0.1, 0.15) is 53.6 Å². The molecule has 1 amide bonds. The van der Waals surface area contributed by atoms with Crippen molar-refractivity contribution in [2.24, 2.45) is 16.3 Å². The number of hydrogen-bond acceptors (Lipinski definition) is 4. The Morgan fingerprint density at radius 3 is 2.60 bits per heavy atom. The summed E-state index contributed by atoms with van der Waals surface area (Å²) in [6.45, 7) is 6.90. The highest BCUT2D eigenvalue weighted by Crippen LogP contribution is 2.45. The molecule has 1 aliphatic rings. The molecule has 1 atom stereocenters. The Hall–Kier alpha value is -1.17. The van der Waals surface area contributed by atoms with Gasteiger partial charge in [0, 0.05) is 30.9 Å². The zero-order valence-electron chi connectivity index (χ0n) is 20.0. The summed E-state index contributed by atoms with van der Waals surface area (Å²) in [5, 5.41) is 4.43. The van der Waals surface area contributed by atoms with Gasteiger partial charge in [0.15, 0.2) is 0 Å². The number of hydrogen-bond donors (Lipinski definition) is 1. The lowest BCUT2D eigenvalue weighted by Gasteiger charge is -2.33. The number of methoxy groups -OCH3 is 1. The molecule has 3 aromatic rings. The Labute approximate surface area is 243 Å². The number of carbonyl (C=O) groups excluding carboxylic acids is 1. The molecule has 1 N–H and O–H groups in total. The van der Waals surface area contributed by atoms with Crippen LogP contribution in [0.15, 0.2) is 41.4 Å². The number of amides is 1. The molecule has 2 aromatic carbocycles. The Morgan fingerprint density at radius 2 is 1.94 bits per heavy atom. The third-order valence-corrected chi connectivity index (χ3v) is 9.20. The number of carbonyl (C=O) groups is 1. The van der Waals surface area contributed by atoms with Crippen molar-refractivity contribution >= 4 is 90.9 Å². The first-order valence-corrected chi connectivity index (χ1v) is 14.7. The first-order chi connectivity index (χ1) is 16.6. The largest absolute Gasteiger partial charge is 0.495 e. The Kier molecular flexibility index (Phi) is 8.50. The molecule has 1 aliphatic carbocycles. The molecule has 0 fully saturated rings. The minimum absolute atomic E-state index is 0.129. The highest BCUT2D eigenvalue weighted by Gasteiger charge is 2.33. The summed E-state index contributed by atoms with van der Waals surface area (Å²) in [5.74, 6) is 1.24. The average Bonchev–Trinajstić information content (AvgIpc) is 3.16. The maximum absolute atomic E-state index is 13.5. The third-order valence-electron chi connectivity index (χ3n) is 6.36. The second-order valence-electron chi connectivity index (χ2n) is 9.72. The Morgan fingerprint density at radius 1 is 1.23 bits per heavy atom. The summed E-state index contributed by atoms with van der Waals surface area (Å²) in [6, 6.07) is 11.3. The van der Waals surface area contributed by atoms with Crippen LogP contribution in [0.5, 0.6) is 5.75 Å². The summed E-state index contributed by atoms with van der Waals surface area (Å²) >= 11 is 12.2. The van der Waals surface area contributed by atoms with Gasteiger partial charge in [0.25, 0.3) is 5.91 Å². The molecular formula is C27H27ClI2N2O2S. The molecule has 0 saturated carbocycles. The van der Waals surface area contributed by atoms with Gasteiger partial charge in [-0.15, -0.1) is 11.3 Å². The molecule has 4 nitrogen and oxygen atoms in total. The van der Waals surface area contributed by atoms with E-state index in [-0.39, 0.29) is 11.3 Å². The normalized spacial score (nSPS) is 15.8. The number of fused-ring (bicyclic) bond motifs is 1. The van der Waals surface area contributed by atoms with Crippen LogP contribution in [-0.2, 0) is 12.8 Å². The van der Waals surface area contributed by atoms with Gasteiger partial charge < -0.3 is 10.1 Å². The fourth-order valence-corrected chi connectivity index (χ4v) is 7.89. The second-order valence-corrected chi connectivity index (χ2v) is 13.6. The molecule has 4 rings (SSSR count). The summed E-state index contributed by atoms with van der Waals surface area (Å²) in [7, 11) is 1.67. The van der Waals surface area contributed by atoms with Crippen LogP contribution in [0.4, 0.5) is 10.7 Å². The van der Waals surface area contributed by atoms with E-state index < -0.39 is 0 Å². The van der Waals surface area contributed by atoms with Gasteiger partial charge in [0.2, 0.25) is 0 Å². The van der Waals surface area contributed by atoms with E-state index >= 15 is 0 Å². The van der Waals surface area contributed by atoms with E-state index in [1.807, 2.05) is 24.4 Å². The minimum Gasteiger partial charge on any atom is -0.495 e. The Balaban J connectivity index is 1.75. The van der Waals surface area contributed by atoms with Gasteiger partial charge in [-0.25, -0.2) is 4.99 Å². The van der Waals surface area contributed by atoms with Gasteiger partial charge in [-0.2, -0.15) is 0 Å². The highest BCUT2D eigenvalue weighted by atomic mass is 127. The van der Waals surface area contributed by atoms with Gasteiger partial charge in [0.1, 0.15) is 10.8 Å². The summed E-state index contributed by atoms with van der Waals surface area (Å²) in [5.41, 5.74) is 3.65. The van der Waals surface area contributed by atoms with Crippen molar-refractivity contribution in [2.75, 3.05) is 12.4 Å². The maximum atomic E-state index is 13.5. The molecule has 1 heterocycles. The average molecular weight is 733 g/mol. The minimum atomic E-state index is -0.129. The van der Waals surface area contributed by atoms with Crippen LogP contribution in [0.3, 0.4) is 0 Å². The predicted octanol–water partition coefficient (Wildman–Crippen LogP) is 8.77. The number of ether oxygens (including phenoxy) is 1. The summed E-state index contributed by atoms with van der Waals surface area (Å²) in [4.78, 5) is 19.7. The van der Waals surface area contributed by atoms with Gasteiger partial charge in [-0.1, -0.05) is 32.4 Å². The monoisotopic (exact) mass is 732 g/mol. The number of benzene rings is 2. The van der Waals surface area contributed by atoms with E-state index in [4.69, 9.17) is 21.3 Å². The van der Waals surface area contributed by atoms with Crippen LogP contribution in [-0.4, -0.2) is 19.2 Å². The molecule has 0 saturated heterocycles. The molecule has 8 heteroatoms. The van der Waals surface area contributed by atoms with Crippen molar-refractivity contribution in [1.82, 2.24) is 0 Å². The number of thiophene rings is 1. The van der Waals surface area contributed by atoms with E-state index in [9.17, 15) is 4.79 Å². The molecule has 0 bridgehead atoms. The van der Waals surface area contributed by atoms with Crippen molar-refractivity contribution in [3.05, 3.63) is 70.1 Å². The van der Waals surface area contributed by atoms with E-state index in [1.165, 1.54) is 4.88 Å². The van der Waals surface area contributed by atoms with Gasteiger partial charge in [0.05, 0.1) is 16.2 Å². The van der Waals surface area contributed by atoms with Gasteiger partial charge in [-0.3, -0.25) is 4.79 Å². The number of halogens is 3. The van der Waals surface area contributed by atoms with Crippen LogP contribution in [0, 0.1) is 18.5 Å². The highest BCUT2D eigenvalue weighted by molar-refractivity contribution is 14.1. The van der Waals surface area contributed by atoms with Crippen molar-refractivity contribution in [3.8, 4) is 5.75 Å². The molecular weight excluding hydrogens is 706 g/mol. The molecule has 0 aliphatic heterocycles. The standard InChI is InChI=1S/C27H27ClI2N2O2S/c1-27(2,3)16-5-10-20-22(12-16)35-26(23(20)25(33)32-19-8-6-17(28)7-9-19)31-14-15-11-18(29)13-21(30)24(15)34-4/h6-9,11,13-14,16H,5,10,12H2,1-4H3,(H,32,33)/t16-/m0/s1. The van der Waals surface area contributed by atoms with Crippen LogP contribution < -0.4 is 10.1 Å². The second kappa shape index (κ2) is 11.1. The van der Waals surface area contributed by atoms with Crippen LogP contribution in [0.2, 0.25) is 5.02 Å². The third kappa shape index (κ3) is 6.22. The molecule has 0 unspecified atom stereocenters. The van der Waals surface area contributed by atoms with Crippen molar-refractivity contribution in [2.45, 2.75) is 40.0 Å². The zero-order chi connectivity index (χ0) is 25.3. The van der Waals surface area contributed by atoms with Crippen molar-refractivity contribution < 1.29 is 9.53 Å². The molecule has 0 spiro atoms. The van der Waals surface area contributed by atoms with E-state index in [0.717, 1.165) is 48.3 Å². The number of aliphatic imine (C=N–C) groups is 1. The maximum Gasteiger partial charge on any atom is 0.259 e. The molecule has 35 heavy (non-hydrogen) atoms. The van der Waals surface area contributed by atoms with Crippen LogP contribution in [0.25, 0.3) is 0 Å². The first kappa shape index (κ1) is 26.9. The lowest BCUT2D eigenvalue weighted by atomic mass is 9.72. The summed E-state index contributed by atoms with van der Waals surface area (Å²) < 4.78 is 7.76. The first-order valence-electron chi connectivity index (χ1n) is 11.4. The quantitative estimate of drug-likeness (QED) is 0.211. The number of nitrogens with zero attached hydrogens (tertiary/aromatic N) is 1. The number of rotatable bonds is 5. The van der Waals surface area contributed by atoms with E-state index in [2.05, 4.69) is 77.3 Å². The SMILES string of the molecule is COc1c(I)cc(I)cc1C=Nc1sc2c(c1C(=O)Nc1ccc(Cl)cc1)CC[C@H](C(C)(C)C)C2. The number of anilines is 1. The topological polar surface area (TPSA) is 50.7 Å². The molecule has 0 radical (unpaired) electrons. The van der Waals surface area contributed by atoms with Crippen molar-refractivity contribution in [1.29, 1.82) is 0 Å². The van der Waals surface area contributed by atoms with E-state index in [1.54, 1.807) is 30.6 Å². The smallest absolute Gasteiger partial charge is 0.259 e. The predicted molar refractivity (Wildman–Crippen MR) is 164 cm³/mol. The molecule has 1 aromatic heterocycles. The van der Waals surface area contributed by atoms with Crippen molar-refractivity contribution in [3.63, 3.8) is 0 Å². The summed E-state index contributed by atoms with van der Waals surface area (Å²) in [6.07, 6.45) is 4.75. The number of nitrogens with one attached hydrogen (secondary N) is 1. The zero-order valence-corrected chi connectivity index (χ0v) is 25.9. The fourth-order valence-electron chi connectivity index (χ4n) is 4.38. The fraction of sp³-hybridized carbons (Fsp3) is 0.333. The Bertz CT molecular complexity index is 1280. The van der Waals surface area contributed by atoms with Gasteiger partial charge >= 0.3 is 0 Å². The molecule has 184 valence electrons. The van der Waals surface area contributed by atoms with Crippen LogP contribution >= 0.6 is 68.1 Å². The lowest BCUT2D eigenvalue weighted by molar-refractivity contribution is 0.102. The van der Waals surface area contributed by atoms with Gasteiger partial charge in [-0.05, 0) is 118 Å². The van der Waals surface area contributed by atoms with E-state index in [0.29, 0.717) is 22.2 Å².